The molecule has 2 atom stereocenters. The topological polar surface area (TPSA) is 111 Å². The van der Waals surface area contributed by atoms with Gasteiger partial charge >= 0.3 is 6.03 Å². The van der Waals surface area contributed by atoms with Gasteiger partial charge in [0.2, 0.25) is 5.91 Å². The minimum Gasteiger partial charge on any atom is -0.369 e. The molecule has 2 aromatic heterocycles. The van der Waals surface area contributed by atoms with Gasteiger partial charge in [-0.3, -0.25) is 4.79 Å². The Labute approximate surface area is 170 Å². The second-order valence-corrected chi connectivity index (χ2v) is 8.27. The Hall–Kier alpha value is -2.84. The maximum absolute atomic E-state index is 13.1. The molecule has 4 heterocycles. The molecule has 0 aromatic carbocycles. The largest absolute Gasteiger partial charge is 0.369 e. The number of primary amides is 1. The van der Waals surface area contributed by atoms with Crippen LogP contribution in [0.25, 0.3) is 11.0 Å². The highest BCUT2D eigenvalue weighted by Crippen LogP contribution is 2.29. The molecule has 9 nitrogen and oxygen atoms in total. The summed E-state index contributed by atoms with van der Waals surface area (Å²) in [4.78, 5) is 42.4. The van der Waals surface area contributed by atoms with E-state index in [-0.39, 0.29) is 23.9 Å². The van der Waals surface area contributed by atoms with Crippen molar-refractivity contribution in [3.05, 3.63) is 18.6 Å². The van der Waals surface area contributed by atoms with Crippen molar-refractivity contribution < 1.29 is 9.59 Å². The summed E-state index contributed by atoms with van der Waals surface area (Å²) in [6.45, 7) is 4.83. The number of rotatable bonds is 3. The Morgan fingerprint density at radius 3 is 2.62 bits per heavy atom. The molecule has 2 aromatic rings. The Morgan fingerprint density at radius 1 is 1.17 bits per heavy atom. The van der Waals surface area contributed by atoms with Crippen LogP contribution in [0.5, 0.6) is 0 Å². The molecule has 3 amide bonds. The molecule has 156 valence electrons. The molecule has 2 aliphatic heterocycles. The molecule has 0 spiro atoms. The van der Waals surface area contributed by atoms with Gasteiger partial charge < -0.3 is 25.4 Å². The molecule has 0 aliphatic carbocycles. The van der Waals surface area contributed by atoms with Gasteiger partial charge in [-0.05, 0) is 31.2 Å². The van der Waals surface area contributed by atoms with Crippen molar-refractivity contribution in [2.24, 2.45) is 17.6 Å². The first-order valence-corrected chi connectivity index (χ1v) is 10.3. The number of aromatic amines is 1. The van der Waals surface area contributed by atoms with Gasteiger partial charge in [-0.25, -0.2) is 14.8 Å². The molecule has 2 saturated heterocycles. The number of nitrogens with two attached hydrogens (primary N) is 1. The van der Waals surface area contributed by atoms with E-state index < -0.39 is 0 Å². The summed E-state index contributed by atoms with van der Waals surface area (Å²) in [6, 6.07) is 2.22. The van der Waals surface area contributed by atoms with Gasteiger partial charge in [0.05, 0.1) is 11.4 Å². The number of anilines is 1. The molecule has 0 saturated carbocycles. The minimum absolute atomic E-state index is 0.0627. The Kier molecular flexibility index (Phi) is 5.29. The summed E-state index contributed by atoms with van der Waals surface area (Å²) in [7, 11) is 2.04. The van der Waals surface area contributed by atoms with E-state index in [0.29, 0.717) is 38.4 Å². The van der Waals surface area contributed by atoms with Crippen LogP contribution in [0.1, 0.15) is 26.2 Å². The summed E-state index contributed by atoms with van der Waals surface area (Å²) >= 11 is 0. The molecule has 4 rings (SSSR count). The number of likely N-dealkylation sites (tertiary alicyclic amines) is 2. The normalized spacial score (nSPS) is 23.4. The second kappa shape index (κ2) is 7.88. The van der Waals surface area contributed by atoms with Crippen LogP contribution in [0.3, 0.4) is 0 Å². The number of fused-ring (bicyclic) bond motifs is 1. The predicted molar refractivity (Wildman–Crippen MR) is 110 cm³/mol. The molecular weight excluding hydrogens is 370 g/mol. The number of hydrogen-bond acceptors (Lipinski definition) is 5. The number of nitrogens with zero attached hydrogens (tertiary/aromatic N) is 5. The summed E-state index contributed by atoms with van der Waals surface area (Å²) in [6.07, 6.45) is 5.69. The standard InChI is InChI=1S/C20H29N7O2/c1-13-4-8-27(20(29)26-9-5-14(6-10-26)17(21)28)11-16(13)25(2)19-15-3-7-22-18(15)23-12-24-19/h3,7,12-14,16H,4-6,8-11H2,1-2H3,(H2,21,28)(H,22,23,24). The van der Waals surface area contributed by atoms with E-state index in [0.717, 1.165) is 29.8 Å². The zero-order valence-electron chi connectivity index (χ0n) is 17.0. The lowest BCUT2D eigenvalue weighted by molar-refractivity contribution is -0.123. The van der Waals surface area contributed by atoms with Crippen molar-refractivity contribution in [1.82, 2.24) is 24.8 Å². The third-order valence-electron chi connectivity index (χ3n) is 6.52. The predicted octanol–water partition coefficient (Wildman–Crippen LogP) is 1.42. The zero-order valence-corrected chi connectivity index (χ0v) is 17.0. The molecular formula is C20H29N7O2. The molecule has 0 bridgehead atoms. The van der Waals surface area contributed by atoms with Crippen molar-refractivity contribution in [2.75, 3.05) is 38.1 Å². The van der Waals surface area contributed by atoms with Crippen LogP contribution in [0.4, 0.5) is 10.6 Å². The third-order valence-corrected chi connectivity index (χ3v) is 6.52. The van der Waals surface area contributed by atoms with E-state index in [1.807, 2.05) is 29.1 Å². The van der Waals surface area contributed by atoms with Crippen LogP contribution < -0.4 is 10.6 Å². The maximum atomic E-state index is 13.1. The highest BCUT2D eigenvalue weighted by molar-refractivity contribution is 5.87. The molecule has 2 aliphatic rings. The fourth-order valence-corrected chi connectivity index (χ4v) is 4.58. The number of aromatic nitrogens is 3. The average molecular weight is 399 g/mol. The van der Waals surface area contributed by atoms with Gasteiger partial charge in [0.15, 0.2) is 0 Å². The third kappa shape index (κ3) is 3.73. The van der Waals surface area contributed by atoms with Gasteiger partial charge in [-0.2, -0.15) is 0 Å². The number of nitrogens with one attached hydrogen (secondary N) is 1. The van der Waals surface area contributed by atoms with Crippen molar-refractivity contribution in [1.29, 1.82) is 0 Å². The van der Waals surface area contributed by atoms with Crippen LogP contribution in [0.2, 0.25) is 0 Å². The first kappa shape index (κ1) is 19.5. The fourth-order valence-electron chi connectivity index (χ4n) is 4.58. The average Bonchev–Trinajstić information content (AvgIpc) is 3.22. The van der Waals surface area contributed by atoms with E-state index in [4.69, 9.17) is 5.73 Å². The highest BCUT2D eigenvalue weighted by atomic mass is 16.2. The van der Waals surface area contributed by atoms with Crippen molar-refractivity contribution in [2.45, 2.75) is 32.2 Å². The van der Waals surface area contributed by atoms with Crippen LogP contribution in [0.15, 0.2) is 18.6 Å². The number of carbonyl (C=O) groups excluding carboxylic acids is 2. The molecule has 2 fully saturated rings. The number of piperidine rings is 2. The van der Waals surface area contributed by atoms with Gasteiger partial charge in [0.25, 0.3) is 0 Å². The van der Waals surface area contributed by atoms with Gasteiger partial charge in [-0.15, -0.1) is 0 Å². The van der Waals surface area contributed by atoms with Crippen molar-refractivity contribution in [3.63, 3.8) is 0 Å². The van der Waals surface area contributed by atoms with Gasteiger partial charge in [0, 0.05) is 45.3 Å². The number of H-pyrrole nitrogens is 1. The number of likely N-dealkylation sites (N-methyl/N-ethyl adjacent to an activating group) is 1. The zero-order chi connectivity index (χ0) is 20.5. The SMILES string of the molecule is CC1CCN(C(=O)N2CCC(C(N)=O)CC2)CC1N(C)c1ncnc2[nH]ccc12. The summed E-state index contributed by atoms with van der Waals surface area (Å²) < 4.78 is 0. The maximum Gasteiger partial charge on any atom is 0.320 e. The molecule has 29 heavy (non-hydrogen) atoms. The molecule has 0 radical (unpaired) electrons. The summed E-state index contributed by atoms with van der Waals surface area (Å²) in [5.41, 5.74) is 6.23. The summed E-state index contributed by atoms with van der Waals surface area (Å²) in [5, 5.41) is 0.985. The van der Waals surface area contributed by atoms with Gasteiger partial charge in [-0.1, -0.05) is 6.92 Å². The molecule has 9 heteroatoms. The number of urea groups is 1. The monoisotopic (exact) mass is 399 g/mol. The first-order valence-electron chi connectivity index (χ1n) is 10.3. The highest BCUT2D eigenvalue weighted by Gasteiger charge is 2.35. The Balaban J connectivity index is 1.46. The quantitative estimate of drug-likeness (QED) is 0.811. The molecule has 2 unspecified atom stereocenters. The van der Waals surface area contributed by atoms with E-state index in [1.165, 1.54) is 0 Å². The number of amides is 3. The fraction of sp³-hybridized carbons (Fsp3) is 0.600. The lowest BCUT2D eigenvalue weighted by atomic mass is 9.92. The molecule has 3 N–H and O–H groups in total. The van der Waals surface area contributed by atoms with Crippen LogP contribution in [-0.4, -0.2) is 76.0 Å². The smallest absolute Gasteiger partial charge is 0.320 e. The van der Waals surface area contributed by atoms with E-state index >= 15 is 0 Å². The van der Waals surface area contributed by atoms with E-state index in [9.17, 15) is 9.59 Å². The Morgan fingerprint density at radius 2 is 1.90 bits per heavy atom. The van der Waals surface area contributed by atoms with E-state index in [2.05, 4.69) is 26.8 Å². The van der Waals surface area contributed by atoms with E-state index in [1.54, 1.807) is 6.33 Å². The lowest BCUT2D eigenvalue weighted by Crippen LogP contribution is -2.56. The van der Waals surface area contributed by atoms with Crippen molar-refractivity contribution >= 4 is 28.8 Å². The van der Waals surface area contributed by atoms with Crippen molar-refractivity contribution in [3.8, 4) is 0 Å². The number of carbonyl (C=O) groups is 2. The first-order chi connectivity index (χ1) is 14.0. The Bertz CT molecular complexity index is 890. The van der Waals surface area contributed by atoms with Crippen LogP contribution in [-0.2, 0) is 4.79 Å². The van der Waals surface area contributed by atoms with Gasteiger partial charge in [0.1, 0.15) is 17.8 Å². The summed E-state index contributed by atoms with van der Waals surface area (Å²) in [5.74, 6) is 0.950. The van der Waals surface area contributed by atoms with Crippen LogP contribution in [0, 0.1) is 11.8 Å². The lowest BCUT2D eigenvalue weighted by Gasteiger charge is -2.44. The van der Waals surface area contributed by atoms with Crippen LogP contribution >= 0.6 is 0 Å². The minimum atomic E-state index is -0.258. The second-order valence-electron chi connectivity index (χ2n) is 8.27. The number of hydrogen-bond donors (Lipinski definition) is 2.